The fourth-order valence-corrected chi connectivity index (χ4v) is 4.63. The average molecular weight is 444 g/mol. The van der Waals surface area contributed by atoms with Crippen LogP contribution in [0.1, 0.15) is 70.8 Å². The molecule has 1 saturated heterocycles. The SMILES string of the molecule is CC.CNC(NC1CCOC(C)(C)C1)c1ccccc1C(NC)C(N)C1=CC(C)NC=C1. The molecule has 0 saturated carbocycles. The maximum Gasteiger partial charge on any atom is 0.0838 e. The highest BCUT2D eigenvalue weighted by atomic mass is 16.5. The van der Waals surface area contributed by atoms with Crippen LogP contribution in [0, 0.1) is 0 Å². The molecule has 2 aliphatic heterocycles. The summed E-state index contributed by atoms with van der Waals surface area (Å²) in [6.45, 7) is 11.3. The summed E-state index contributed by atoms with van der Waals surface area (Å²) >= 11 is 0. The first-order chi connectivity index (χ1) is 15.3. The van der Waals surface area contributed by atoms with Crippen molar-refractivity contribution in [3.8, 4) is 0 Å². The minimum Gasteiger partial charge on any atom is -0.385 e. The summed E-state index contributed by atoms with van der Waals surface area (Å²) in [6, 6.07) is 9.12. The van der Waals surface area contributed by atoms with E-state index < -0.39 is 0 Å². The monoisotopic (exact) mass is 443 g/mol. The van der Waals surface area contributed by atoms with Gasteiger partial charge in [-0.1, -0.05) is 44.2 Å². The van der Waals surface area contributed by atoms with Gasteiger partial charge in [0.2, 0.25) is 0 Å². The van der Waals surface area contributed by atoms with E-state index in [1.54, 1.807) is 0 Å². The smallest absolute Gasteiger partial charge is 0.0838 e. The molecule has 5 atom stereocenters. The number of dihydropyridines is 1. The third kappa shape index (κ3) is 6.90. The van der Waals surface area contributed by atoms with Crippen LogP contribution in [0.4, 0.5) is 0 Å². The Kier molecular flexibility index (Phi) is 10.4. The van der Waals surface area contributed by atoms with E-state index in [9.17, 15) is 0 Å². The molecule has 1 fully saturated rings. The molecule has 0 amide bonds. The summed E-state index contributed by atoms with van der Waals surface area (Å²) in [5.74, 6) is 0. The zero-order valence-corrected chi connectivity index (χ0v) is 21.0. The predicted octanol–water partition coefficient (Wildman–Crippen LogP) is 3.50. The van der Waals surface area contributed by atoms with Crippen LogP contribution in [-0.2, 0) is 4.74 Å². The van der Waals surface area contributed by atoms with Gasteiger partial charge in [0.15, 0.2) is 0 Å². The van der Waals surface area contributed by atoms with E-state index in [1.165, 1.54) is 11.1 Å². The molecular weight excluding hydrogens is 398 g/mol. The molecule has 32 heavy (non-hydrogen) atoms. The molecule has 2 heterocycles. The van der Waals surface area contributed by atoms with Crippen LogP contribution in [0.2, 0.25) is 0 Å². The minimum atomic E-state index is -0.142. The summed E-state index contributed by atoms with van der Waals surface area (Å²) in [7, 11) is 3.99. The Bertz CT molecular complexity index is 760. The number of hydrogen-bond acceptors (Lipinski definition) is 6. The second-order valence-electron chi connectivity index (χ2n) is 9.06. The van der Waals surface area contributed by atoms with Crippen molar-refractivity contribution in [3.63, 3.8) is 0 Å². The standard InChI is InChI=1S/C24H39N5O.C2H6/c1-16-14-17(10-12-28-16)21(25)22(26-4)19-8-6-7-9-20(19)23(27-5)29-18-11-13-30-24(2,3)15-18;1-2/h6-10,12,14,16,18,21-23,26-29H,11,13,15,25H2,1-5H3;1-2H3. The molecule has 0 bridgehead atoms. The number of rotatable bonds is 8. The second kappa shape index (κ2) is 12.5. The summed E-state index contributed by atoms with van der Waals surface area (Å²) in [5.41, 5.74) is 10.3. The average Bonchev–Trinajstić information content (AvgIpc) is 2.79. The fourth-order valence-electron chi connectivity index (χ4n) is 4.63. The summed E-state index contributed by atoms with van der Waals surface area (Å²) in [6.07, 6.45) is 8.32. The molecule has 0 aliphatic carbocycles. The van der Waals surface area contributed by atoms with Crippen molar-refractivity contribution in [2.24, 2.45) is 5.73 Å². The van der Waals surface area contributed by atoms with Crippen molar-refractivity contribution < 1.29 is 4.74 Å². The van der Waals surface area contributed by atoms with Gasteiger partial charge in [-0.05, 0) is 76.7 Å². The zero-order chi connectivity index (χ0) is 23.7. The van der Waals surface area contributed by atoms with Gasteiger partial charge >= 0.3 is 0 Å². The second-order valence-corrected chi connectivity index (χ2v) is 9.06. The van der Waals surface area contributed by atoms with Crippen LogP contribution >= 0.6 is 0 Å². The lowest BCUT2D eigenvalue weighted by atomic mass is 9.88. The lowest BCUT2D eigenvalue weighted by Gasteiger charge is -2.38. The van der Waals surface area contributed by atoms with Gasteiger partial charge < -0.3 is 26.4 Å². The Balaban J connectivity index is 0.00000176. The zero-order valence-electron chi connectivity index (χ0n) is 21.0. The molecule has 5 unspecified atom stereocenters. The van der Waals surface area contributed by atoms with Crippen LogP contribution in [0.5, 0.6) is 0 Å². The number of ether oxygens (including phenoxy) is 1. The first-order valence-corrected chi connectivity index (χ1v) is 12.1. The van der Waals surface area contributed by atoms with E-state index in [0.717, 1.165) is 25.0 Å². The number of nitrogens with two attached hydrogens (primary N) is 1. The molecule has 180 valence electrons. The molecule has 1 aromatic rings. The lowest BCUT2D eigenvalue weighted by Crippen LogP contribution is -2.48. The topological polar surface area (TPSA) is 83.4 Å². The minimum absolute atomic E-state index is 0.00572. The molecule has 6 heteroatoms. The third-order valence-corrected chi connectivity index (χ3v) is 6.16. The summed E-state index contributed by atoms with van der Waals surface area (Å²) in [5, 5.41) is 14.1. The molecule has 0 aromatic heterocycles. The van der Waals surface area contributed by atoms with E-state index in [-0.39, 0.29) is 29.9 Å². The molecule has 1 aromatic carbocycles. The molecule has 2 aliphatic rings. The molecule has 0 radical (unpaired) electrons. The highest BCUT2D eigenvalue weighted by Crippen LogP contribution is 2.30. The van der Waals surface area contributed by atoms with Gasteiger partial charge in [-0.2, -0.15) is 0 Å². The van der Waals surface area contributed by atoms with E-state index in [1.807, 2.05) is 34.1 Å². The molecule has 0 spiro atoms. The Morgan fingerprint density at radius 1 is 1.12 bits per heavy atom. The predicted molar refractivity (Wildman–Crippen MR) is 135 cm³/mol. The highest BCUT2D eigenvalue weighted by molar-refractivity contribution is 5.38. The van der Waals surface area contributed by atoms with Crippen molar-refractivity contribution in [3.05, 3.63) is 59.3 Å². The van der Waals surface area contributed by atoms with E-state index in [4.69, 9.17) is 10.5 Å². The van der Waals surface area contributed by atoms with Crippen LogP contribution in [0.15, 0.2) is 48.2 Å². The van der Waals surface area contributed by atoms with Gasteiger partial charge in [-0.15, -0.1) is 0 Å². The van der Waals surface area contributed by atoms with E-state index >= 15 is 0 Å². The Hall–Kier alpha value is -1.70. The largest absolute Gasteiger partial charge is 0.385 e. The van der Waals surface area contributed by atoms with Crippen LogP contribution < -0.4 is 27.0 Å². The fraction of sp³-hybridized carbons (Fsp3) is 0.615. The maximum atomic E-state index is 6.76. The Labute approximate surface area is 195 Å². The van der Waals surface area contributed by atoms with Gasteiger partial charge in [0.1, 0.15) is 0 Å². The van der Waals surface area contributed by atoms with Crippen molar-refractivity contribution in [1.82, 2.24) is 21.3 Å². The quantitative estimate of drug-likeness (QED) is 0.396. The van der Waals surface area contributed by atoms with Gasteiger partial charge in [0.05, 0.1) is 17.8 Å². The van der Waals surface area contributed by atoms with Gasteiger partial charge in [0.25, 0.3) is 0 Å². The Morgan fingerprint density at radius 2 is 1.81 bits per heavy atom. The Morgan fingerprint density at radius 3 is 2.41 bits per heavy atom. The third-order valence-electron chi connectivity index (χ3n) is 6.16. The number of nitrogens with one attached hydrogen (secondary N) is 4. The van der Waals surface area contributed by atoms with E-state index in [0.29, 0.717) is 6.04 Å². The number of benzene rings is 1. The van der Waals surface area contributed by atoms with Crippen LogP contribution in [0.3, 0.4) is 0 Å². The first-order valence-electron chi connectivity index (χ1n) is 12.1. The molecule has 6 N–H and O–H groups in total. The summed E-state index contributed by atoms with van der Waals surface area (Å²) < 4.78 is 5.90. The molecular formula is C26H45N5O. The van der Waals surface area contributed by atoms with Gasteiger partial charge in [0, 0.05) is 24.7 Å². The maximum absolute atomic E-state index is 6.76. The van der Waals surface area contributed by atoms with Crippen molar-refractivity contribution in [2.45, 2.75) is 83.4 Å². The van der Waals surface area contributed by atoms with Crippen LogP contribution in [0.25, 0.3) is 0 Å². The highest BCUT2D eigenvalue weighted by Gasteiger charge is 2.31. The molecule has 3 rings (SSSR count). The lowest BCUT2D eigenvalue weighted by molar-refractivity contribution is -0.0646. The van der Waals surface area contributed by atoms with Gasteiger partial charge in [-0.3, -0.25) is 5.32 Å². The van der Waals surface area contributed by atoms with Crippen LogP contribution in [-0.4, -0.2) is 44.4 Å². The number of likely N-dealkylation sites (N-methyl/N-ethyl adjacent to an activating group) is 1. The van der Waals surface area contributed by atoms with Gasteiger partial charge in [-0.25, -0.2) is 0 Å². The normalized spacial score (nSPS) is 24.9. The molecule has 6 nitrogen and oxygen atoms in total. The van der Waals surface area contributed by atoms with Crippen molar-refractivity contribution >= 4 is 0 Å². The summed E-state index contributed by atoms with van der Waals surface area (Å²) in [4.78, 5) is 0. The first kappa shape index (κ1) is 26.6. The van der Waals surface area contributed by atoms with Crippen molar-refractivity contribution in [2.75, 3.05) is 20.7 Å². The number of hydrogen-bond donors (Lipinski definition) is 5. The van der Waals surface area contributed by atoms with Crippen molar-refractivity contribution in [1.29, 1.82) is 0 Å². The van der Waals surface area contributed by atoms with E-state index in [2.05, 4.69) is 78.5 Å².